The first-order valence-corrected chi connectivity index (χ1v) is 5.85. The van der Waals surface area contributed by atoms with Crippen LogP contribution in [0.1, 0.15) is 16.9 Å². The molecule has 0 aliphatic rings. The zero-order valence-corrected chi connectivity index (χ0v) is 10.3. The third kappa shape index (κ3) is 4.12. The minimum atomic E-state index is -0.966. The van der Waals surface area contributed by atoms with Crippen molar-refractivity contribution in [3.8, 4) is 0 Å². The lowest BCUT2D eigenvalue weighted by Crippen LogP contribution is -1.96. The summed E-state index contributed by atoms with van der Waals surface area (Å²) in [7, 11) is 0. The maximum atomic E-state index is 10.5. The van der Waals surface area contributed by atoms with E-state index in [1.165, 1.54) is 0 Å². The maximum absolute atomic E-state index is 10.5. The molecule has 0 aliphatic carbocycles. The number of benzene rings is 1. The van der Waals surface area contributed by atoms with Crippen molar-refractivity contribution in [3.63, 3.8) is 0 Å². The van der Waals surface area contributed by atoms with E-state index < -0.39 is 5.97 Å². The monoisotopic (exact) mass is 258 g/mol. The molecule has 0 unspecified atom stereocenters. The summed E-state index contributed by atoms with van der Waals surface area (Å²) in [6.45, 7) is 0.796. The van der Waals surface area contributed by atoms with Crippen molar-refractivity contribution in [2.24, 2.45) is 0 Å². The zero-order chi connectivity index (χ0) is 13.5. The number of hydrogen-bond acceptors (Lipinski definition) is 3. The smallest absolute Gasteiger partial charge is 0.328 e. The van der Waals surface area contributed by atoms with Gasteiger partial charge in [-0.2, -0.15) is 0 Å². The highest BCUT2D eigenvalue weighted by molar-refractivity contribution is 5.85. The Morgan fingerprint density at radius 3 is 2.79 bits per heavy atom. The summed E-state index contributed by atoms with van der Waals surface area (Å²) in [5, 5.41) is 8.64. The summed E-state index contributed by atoms with van der Waals surface area (Å²) in [5.41, 5.74) is 1.77. The number of ether oxygens (including phenoxy) is 1. The first-order chi connectivity index (χ1) is 9.25. The van der Waals surface area contributed by atoms with Crippen LogP contribution < -0.4 is 0 Å². The van der Waals surface area contributed by atoms with Crippen LogP contribution in [0.15, 0.2) is 53.2 Å². The van der Waals surface area contributed by atoms with Crippen molar-refractivity contribution in [2.75, 3.05) is 0 Å². The fourth-order valence-corrected chi connectivity index (χ4v) is 1.65. The molecule has 0 spiro atoms. The standard InChI is InChI=1S/C15H14O4/c16-15(17)8-7-12-4-1-2-5-13(12)10-18-11-14-6-3-9-19-14/h1-9H,10-11H2,(H,16,17). The molecule has 0 amide bonds. The van der Waals surface area contributed by atoms with Gasteiger partial charge < -0.3 is 14.3 Å². The molecule has 0 radical (unpaired) electrons. The van der Waals surface area contributed by atoms with Crippen molar-refractivity contribution >= 4 is 12.0 Å². The average molecular weight is 258 g/mol. The Labute approximate surface area is 110 Å². The number of carboxylic acids is 1. The van der Waals surface area contributed by atoms with Crippen molar-refractivity contribution in [1.29, 1.82) is 0 Å². The quantitative estimate of drug-likeness (QED) is 0.809. The van der Waals surface area contributed by atoms with E-state index in [2.05, 4.69) is 0 Å². The molecule has 4 nitrogen and oxygen atoms in total. The van der Waals surface area contributed by atoms with E-state index in [1.54, 1.807) is 12.3 Å². The molecule has 0 bridgehead atoms. The number of carbonyl (C=O) groups is 1. The van der Waals surface area contributed by atoms with Crippen molar-refractivity contribution < 1.29 is 19.1 Å². The molecule has 2 aromatic rings. The van der Waals surface area contributed by atoms with E-state index in [-0.39, 0.29) is 0 Å². The molecule has 1 heterocycles. The van der Waals surface area contributed by atoms with Crippen molar-refractivity contribution in [3.05, 3.63) is 65.6 Å². The fraction of sp³-hybridized carbons (Fsp3) is 0.133. The molecule has 19 heavy (non-hydrogen) atoms. The fourth-order valence-electron chi connectivity index (χ4n) is 1.65. The van der Waals surface area contributed by atoms with Gasteiger partial charge >= 0.3 is 5.97 Å². The summed E-state index contributed by atoms with van der Waals surface area (Å²) in [4.78, 5) is 10.5. The molecular weight excluding hydrogens is 244 g/mol. The van der Waals surface area contributed by atoms with Crippen molar-refractivity contribution in [1.82, 2.24) is 0 Å². The molecular formula is C15H14O4. The predicted molar refractivity (Wildman–Crippen MR) is 70.3 cm³/mol. The summed E-state index contributed by atoms with van der Waals surface area (Å²) in [6, 6.07) is 11.2. The Balaban J connectivity index is 1.97. The van der Waals surface area contributed by atoms with Gasteiger partial charge in [-0.3, -0.25) is 0 Å². The molecule has 1 aromatic carbocycles. The minimum Gasteiger partial charge on any atom is -0.478 e. The van der Waals surface area contributed by atoms with E-state index in [1.807, 2.05) is 36.4 Å². The van der Waals surface area contributed by atoms with Gasteiger partial charge in [-0.05, 0) is 29.3 Å². The number of furan rings is 1. The molecule has 1 aromatic heterocycles. The van der Waals surface area contributed by atoms with Gasteiger partial charge in [0.1, 0.15) is 12.4 Å². The van der Waals surface area contributed by atoms with Crippen molar-refractivity contribution in [2.45, 2.75) is 13.2 Å². The third-order valence-corrected chi connectivity index (χ3v) is 2.54. The second kappa shape index (κ2) is 6.56. The number of carboxylic acid groups (broad SMARTS) is 1. The highest BCUT2D eigenvalue weighted by atomic mass is 16.5. The van der Waals surface area contributed by atoms with Gasteiger partial charge in [-0.1, -0.05) is 24.3 Å². The van der Waals surface area contributed by atoms with Crippen LogP contribution in [0, 0.1) is 0 Å². The van der Waals surface area contributed by atoms with Crippen LogP contribution >= 0.6 is 0 Å². The molecule has 4 heteroatoms. The van der Waals surface area contributed by atoms with Crippen LogP contribution in [0.25, 0.3) is 6.08 Å². The Morgan fingerprint density at radius 2 is 2.05 bits per heavy atom. The van der Waals surface area contributed by atoms with E-state index in [0.29, 0.717) is 13.2 Å². The van der Waals surface area contributed by atoms with Gasteiger partial charge in [-0.15, -0.1) is 0 Å². The van der Waals surface area contributed by atoms with Crippen LogP contribution in [0.3, 0.4) is 0 Å². The molecule has 0 fully saturated rings. The van der Waals surface area contributed by atoms with Gasteiger partial charge in [0.15, 0.2) is 0 Å². The molecule has 1 N–H and O–H groups in total. The van der Waals surface area contributed by atoms with Gasteiger partial charge in [0.2, 0.25) is 0 Å². The summed E-state index contributed by atoms with van der Waals surface area (Å²) in [6.07, 6.45) is 4.28. The van der Waals surface area contributed by atoms with Crippen LogP contribution in [-0.2, 0) is 22.7 Å². The highest BCUT2D eigenvalue weighted by Crippen LogP contribution is 2.13. The Morgan fingerprint density at radius 1 is 1.21 bits per heavy atom. The lowest BCUT2D eigenvalue weighted by molar-refractivity contribution is -0.131. The number of hydrogen-bond donors (Lipinski definition) is 1. The summed E-state index contributed by atoms with van der Waals surface area (Å²) >= 11 is 0. The number of rotatable bonds is 6. The van der Waals surface area contributed by atoms with E-state index in [9.17, 15) is 4.79 Å². The summed E-state index contributed by atoms with van der Waals surface area (Å²) in [5.74, 6) is -0.204. The Bertz CT molecular complexity index is 555. The molecule has 0 saturated heterocycles. The zero-order valence-electron chi connectivity index (χ0n) is 10.3. The molecule has 0 aliphatic heterocycles. The van der Waals surface area contributed by atoms with Crippen LogP contribution in [0.2, 0.25) is 0 Å². The lowest BCUT2D eigenvalue weighted by Gasteiger charge is -2.06. The van der Waals surface area contributed by atoms with Gasteiger partial charge in [0.05, 0.1) is 12.9 Å². The van der Waals surface area contributed by atoms with Gasteiger partial charge in [0, 0.05) is 6.08 Å². The maximum Gasteiger partial charge on any atom is 0.328 e. The van der Waals surface area contributed by atoms with E-state index in [4.69, 9.17) is 14.3 Å². The van der Waals surface area contributed by atoms with Gasteiger partial charge in [-0.25, -0.2) is 4.79 Å². The van der Waals surface area contributed by atoms with E-state index in [0.717, 1.165) is 23.0 Å². The average Bonchev–Trinajstić information content (AvgIpc) is 2.91. The number of aliphatic carboxylic acids is 1. The Hall–Kier alpha value is -2.33. The van der Waals surface area contributed by atoms with Crippen LogP contribution in [0.4, 0.5) is 0 Å². The highest BCUT2D eigenvalue weighted by Gasteiger charge is 2.01. The summed E-state index contributed by atoms with van der Waals surface area (Å²) < 4.78 is 10.7. The second-order valence-corrected chi connectivity index (χ2v) is 3.94. The first-order valence-electron chi connectivity index (χ1n) is 5.85. The Kier molecular flexibility index (Phi) is 4.53. The van der Waals surface area contributed by atoms with Crippen LogP contribution in [0.5, 0.6) is 0 Å². The largest absolute Gasteiger partial charge is 0.478 e. The SMILES string of the molecule is O=C(O)C=Cc1ccccc1COCc1ccco1. The van der Waals surface area contributed by atoms with Gasteiger partial charge in [0.25, 0.3) is 0 Å². The second-order valence-electron chi connectivity index (χ2n) is 3.94. The predicted octanol–water partition coefficient (Wildman–Crippen LogP) is 3.09. The topological polar surface area (TPSA) is 59.7 Å². The minimum absolute atomic E-state index is 0.393. The van der Waals surface area contributed by atoms with E-state index >= 15 is 0 Å². The molecule has 2 rings (SSSR count). The molecule has 0 saturated carbocycles. The van der Waals surface area contributed by atoms with Crippen LogP contribution in [-0.4, -0.2) is 11.1 Å². The first kappa shape index (κ1) is 13.1. The molecule has 0 atom stereocenters. The lowest BCUT2D eigenvalue weighted by atomic mass is 10.1. The third-order valence-electron chi connectivity index (χ3n) is 2.54. The normalized spacial score (nSPS) is 10.9. The molecule has 98 valence electrons.